The van der Waals surface area contributed by atoms with Crippen LogP contribution in [0.2, 0.25) is 0 Å². The Hall–Kier alpha value is -3.59. The van der Waals surface area contributed by atoms with E-state index in [1.165, 1.54) is 27.2 Å². The number of carbonyl (C=O) groups excluding carboxylic acids is 2. The van der Waals surface area contributed by atoms with Gasteiger partial charge in [0.15, 0.2) is 0 Å². The summed E-state index contributed by atoms with van der Waals surface area (Å²) in [5.41, 5.74) is -1.05. The lowest BCUT2D eigenvalue weighted by molar-refractivity contribution is -0.147. The molecule has 0 unspecified atom stereocenters. The zero-order chi connectivity index (χ0) is 22.5. The summed E-state index contributed by atoms with van der Waals surface area (Å²) in [6.07, 6.45) is 0. The molecule has 2 fully saturated rings. The molecule has 9 nitrogen and oxygen atoms in total. The Morgan fingerprint density at radius 2 is 1.65 bits per heavy atom. The van der Waals surface area contributed by atoms with E-state index in [9.17, 15) is 24.6 Å². The fourth-order valence-electron chi connectivity index (χ4n) is 4.50. The van der Waals surface area contributed by atoms with Crippen LogP contribution in [-0.4, -0.2) is 47.8 Å². The minimum Gasteiger partial charge on any atom is -0.507 e. The van der Waals surface area contributed by atoms with Gasteiger partial charge in [0, 0.05) is 17.7 Å². The molecule has 2 saturated heterocycles. The summed E-state index contributed by atoms with van der Waals surface area (Å²) < 4.78 is 10.2. The molecule has 0 aromatic heterocycles. The highest BCUT2D eigenvalue weighted by Gasteiger charge is 2.67. The van der Waals surface area contributed by atoms with Gasteiger partial charge in [-0.25, -0.2) is 4.90 Å². The van der Waals surface area contributed by atoms with Gasteiger partial charge in [-0.15, -0.1) is 0 Å². The molecule has 3 N–H and O–H groups in total. The number of anilines is 1. The van der Waals surface area contributed by atoms with Crippen LogP contribution in [-0.2, 0) is 14.4 Å². The van der Waals surface area contributed by atoms with Crippen LogP contribution in [0.25, 0.3) is 0 Å². The van der Waals surface area contributed by atoms with Crippen molar-refractivity contribution in [3.8, 4) is 17.2 Å². The zero-order valence-corrected chi connectivity index (χ0v) is 17.2. The number of ether oxygens (including phenoxy) is 2. The van der Waals surface area contributed by atoms with Gasteiger partial charge in [-0.05, 0) is 37.3 Å². The maximum Gasteiger partial charge on any atom is 0.324 e. The van der Waals surface area contributed by atoms with Crippen molar-refractivity contribution < 1.29 is 34.1 Å². The molecule has 2 heterocycles. The third-order valence-electron chi connectivity index (χ3n) is 6.14. The Morgan fingerprint density at radius 1 is 1.03 bits per heavy atom. The number of rotatable bonds is 5. The van der Waals surface area contributed by atoms with Crippen LogP contribution < -0.4 is 19.7 Å². The Kier molecular flexibility index (Phi) is 4.85. The van der Waals surface area contributed by atoms with Crippen LogP contribution in [0.5, 0.6) is 17.2 Å². The SMILES string of the molecule is COc1ccc(N2C(=O)[C@H]3[C@@H](C2=O)[C@](C)(C(=O)O)N[C@H]3c2ccc(OC)cc2O)cc1. The van der Waals surface area contributed by atoms with Crippen molar-refractivity contribution >= 4 is 23.5 Å². The molecule has 2 aliphatic heterocycles. The lowest BCUT2D eigenvalue weighted by Gasteiger charge is -2.27. The summed E-state index contributed by atoms with van der Waals surface area (Å²) in [5, 5.41) is 23.4. The summed E-state index contributed by atoms with van der Waals surface area (Å²) in [4.78, 5) is 39.9. The van der Waals surface area contributed by atoms with Crippen LogP contribution in [0.1, 0.15) is 18.5 Å². The van der Waals surface area contributed by atoms with Gasteiger partial charge >= 0.3 is 5.97 Å². The molecule has 0 spiro atoms. The second-order valence-electron chi connectivity index (χ2n) is 7.77. The average molecular weight is 426 g/mol. The second kappa shape index (κ2) is 7.28. The van der Waals surface area contributed by atoms with E-state index in [1.807, 2.05) is 0 Å². The quantitative estimate of drug-likeness (QED) is 0.617. The van der Waals surface area contributed by atoms with Crippen molar-refractivity contribution in [1.29, 1.82) is 0 Å². The largest absolute Gasteiger partial charge is 0.507 e. The van der Waals surface area contributed by atoms with Gasteiger partial charge < -0.3 is 19.7 Å². The molecule has 2 aromatic carbocycles. The van der Waals surface area contributed by atoms with Gasteiger partial charge in [0.05, 0.1) is 31.7 Å². The monoisotopic (exact) mass is 426 g/mol. The predicted molar refractivity (Wildman–Crippen MR) is 109 cm³/mol. The lowest BCUT2D eigenvalue weighted by atomic mass is 9.80. The molecule has 2 aromatic rings. The standard InChI is InChI=1S/C22H22N2O7/c1-22(21(28)29)17-16(18(23-22)14-9-8-13(31-3)10-15(14)25)19(26)24(20(17)27)11-4-6-12(30-2)7-5-11/h4-10,16-18,23,25H,1-3H3,(H,28,29)/t16-,17-,18-,22+/m0/s1. The number of benzene rings is 2. The van der Waals surface area contributed by atoms with Crippen LogP contribution >= 0.6 is 0 Å². The van der Waals surface area contributed by atoms with Crippen molar-refractivity contribution in [3.63, 3.8) is 0 Å². The number of imide groups is 1. The van der Waals surface area contributed by atoms with E-state index in [-0.39, 0.29) is 5.75 Å². The van der Waals surface area contributed by atoms with E-state index in [0.29, 0.717) is 22.7 Å². The van der Waals surface area contributed by atoms with Gasteiger partial charge in [0.2, 0.25) is 11.8 Å². The van der Waals surface area contributed by atoms with Crippen molar-refractivity contribution in [1.82, 2.24) is 5.32 Å². The van der Waals surface area contributed by atoms with E-state index < -0.39 is 41.2 Å². The van der Waals surface area contributed by atoms with Crippen molar-refractivity contribution in [2.75, 3.05) is 19.1 Å². The fraction of sp³-hybridized carbons (Fsp3) is 0.318. The second-order valence-corrected chi connectivity index (χ2v) is 7.77. The van der Waals surface area contributed by atoms with Crippen molar-refractivity contribution in [3.05, 3.63) is 48.0 Å². The maximum atomic E-state index is 13.4. The number of hydrogen-bond acceptors (Lipinski definition) is 7. The van der Waals surface area contributed by atoms with Crippen LogP contribution in [0, 0.1) is 11.8 Å². The molecule has 4 rings (SSSR count). The van der Waals surface area contributed by atoms with Gasteiger partial charge in [-0.2, -0.15) is 0 Å². The van der Waals surface area contributed by atoms with Crippen LogP contribution in [0.4, 0.5) is 5.69 Å². The number of fused-ring (bicyclic) bond motifs is 1. The number of phenolic OH excluding ortho intramolecular Hbond substituents is 1. The van der Waals surface area contributed by atoms with E-state index in [2.05, 4.69) is 5.32 Å². The molecular formula is C22H22N2O7. The highest BCUT2D eigenvalue weighted by molar-refractivity contribution is 6.24. The molecule has 4 atom stereocenters. The van der Waals surface area contributed by atoms with Gasteiger partial charge in [0.1, 0.15) is 22.8 Å². The molecule has 0 bridgehead atoms. The Morgan fingerprint density at radius 3 is 2.19 bits per heavy atom. The lowest BCUT2D eigenvalue weighted by Crippen LogP contribution is -2.53. The first-order valence-electron chi connectivity index (χ1n) is 9.62. The fourth-order valence-corrected chi connectivity index (χ4v) is 4.50. The number of methoxy groups -OCH3 is 2. The van der Waals surface area contributed by atoms with E-state index >= 15 is 0 Å². The highest BCUT2D eigenvalue weighted by Crippen LogP contribution is 2.51. The molecule has 0 saturated carbocycles. The summed E-state index contributed by atoms with van der Waals surface area (Å²) in [7, 11) is 2.95. The number of aromatic hydroxyl groups is 1. The van der Waals surface area contributed by atoms with E-state index in [1.54, 1.807) is 36.4 Å². The highest BCUT2D eigenvalue weighted by atomic mass is 16.5. The minimum absolute atomic E-state index is 0.159. The average Bonchev–Trinajstić information content (AvgIpc) is 3.21. The van der Waals surface area contributed by atoms with Crippen molar-refractivity contribution in [2.45, 2.75) is 18.5 Å². The Bertz CT molecular complexity index is 1070. The van der Waals surface area contributed by atoms with Gasteiger partial charge in [-0.3, -0.25) is 19.7 Å². The van der Waals surface area contributed by atoms with E-state index in [4.69, 9.17) is 9.47 Å². The number of carbonyl (C=O) groups is 3. The number of nitrogens with zero attached hydrogens (tertiary/aromatic N) is 1. The number of aliphatic carboxylic acids is 1. The first-order valence-corrected chi connectivity index (χ1v) is 9.62. The molecule has 0 aliphatic carbocycles. The maximum absolute atomic E-state index is 13.4. The molecule has 9 heteroatoms. The number of hydrogen-bond donors (Lipinski definition) is 3. The normalized spacial score (nSPS) is 27.3. The van der Waals surface area contributed by atoms with E-state index in [0.717, 1.165) is 4.90 Å². The number of amides is 2. The first kappa shape index (κ1) is 20.7. The molecule has 2 aliphatic rings. The summed E-state index contributed by atoms with van der Waals surface area (Å²) in [6.45, 7) is 1.39. The van der Waals surface area contributed by atoms with Crippen LogP contribution in [0.15, 0.2) is 42.5 Å². The number of carboxylic acid groups (broad SMARTS) is 1. The Balaban J connectivity index is 1.80. The van der Waals surface area contributed by atoms with Gasteiger partial charge in [0.25, 0.3) is 0 Å². The molecule has 162 valence electrons. The molecule has 31 heavy (non-hydrogen) atoms. The topological polar surface area (TPSA) is 125 Å². The molecule has 2 amide bonds. The van der Waals surface area contributed by atoms with Crippen LogP contribution in [0.3, 0.4) is 0 Å². The number of phenols is 1. The summed E-state index contributed by atoms with van der Waals surface area (Å²) >= 11 is 0. The van der Waals surface area contributed by atoms with Gasteiger partial charge in [-0.1, -0.05) is 6.07 Å². The Labute approximate surface area is 178 Å². The first-order chi connectivity index (χ1) is 14.7. The minimum atomic E-state index is -1.70. The predicted octanol–water partition coefficient (Wildman–Crippen LogP) is 1.70. The molecular weight excluding hydrogens is 404 g/mol. The number of nitrogens with one attached hydrogen (secondary N) is 1. The summed E-state index contributed by atoms with van der Waals surface area (Å²) in [5.74, 6) is -3.73. The zero-order valence-electron chi connectivity index (χ0n) is 17.2. The van der Waals surface area contributed by atoms with Crippen molar-refractivity contribution in [2.24, 2.45) is 11.8 Å². The third kappa shape index (κ3) is 3.00. The summed E-state index contributed by atoms with van der Waals surface area (Å²) in [6, 6.07) is 10.0. The smallest absolute Gasteiger partial charge is 0.324 e. The molecule has 0 radical (unpaired) electrons. The third-order valence-corrected chi connectivity index (χ3v) is 6.14. The number of carboxylic acids is 1.